The Morgan fingerprint density at radius 2 is 1.64 bits per heavy atom. The fourth-order valence-electron chi connectivity index (χ4n) is 1.03. The third-order valence-electron chi connectivity index (χ3n) is 1.55. The normalized spacial score (nSPS) is 9.09. The van der Waals surface area contributed by atoms with Gasteiger partial charge in [0.15, 0.2) is 0 Å². The van der Waals surface area contributed by atoms with Crippen LogP contribution in [-0.2, 0) is 19.5 Å². The maximum atomic E-state index is 4.01. The molecule has 1 radical (unpaired) electrons. The fourth-order valence-corrected chi connectivity index (χ4v) is 1.03. The Bertz CT molecular complexity index is 281. The third-order valence-corrected chi connectivity index (χ3v) is 1.55. The van der Waals surface area contributed by atoms with Crippen LogP contribution in [0.4, 0.5) is 0 Å². The first-order valence-corrected chi connectivity index (χ1v) is 3.25. The van der Waals surface area contributed by atoms with Crippen molar-refractivity contribution in [3.05, 3.63) is 42.7 Å². The maximum Gasteiger partial charge on any atom is 0.0346 e. The van der Waals surface area contributed by atoms with E-state index in [1.54, 1.807) is 0 Å². The average molecular weight is 232 g/mol. The van der Waals surface area contributed by atoms with E-state index in [9.17, 15) is 0 Å². The van der Waals surface area contributed by atoms with Gasteiger partial charge in [-0.2, -0.15) is 0 Å². The minimum atomic E-state index is 0. The van der Waals surface area contributed by atoms with Gasteiger partial charge in [-0.05, 0) is 16.8 Å². The molecule has 0 aliphatic carbocycles. The summed E-state index contributed by atoms with van der Waals surface area (Å²) in [7, 11) is 0. The summed E-state index contributed by atoms with van der Waals surface area (Å²) in [5, 5.41) is 2.45. The average Bonchev–Trinajstić information content (AvgIpc) is 2.05. The molecule has 2 aromatic rings. The summed E-state index contributed by atoms with van der Waals surface area (Å²) in [6.45, 7) is 0. The monoisotopic (exact) mass is 232 g/mol. The molecule has 1 heterocycles. The first-order valence-electron chi connectivity index (χ1n) is 3.25. The maximum absolute atomic E-state index is 4.01. The SMILES string of the molecule is [Rh].c1ccc2cnccc2c1. The van der Waals surface area contributed by atoms with Crippen LogP contribution in [0.15, 0.2) is 42.7 Å². The van der Waals surface area contributed by atoms with E-state index >= 15 is 0 Å². The van der Waals surface area contributed by atoms with Gasteiger partial charge in [0.05, 0.1) is 0 Å². The molecule has 0 aliphatic heterocycles. The number of aromatic nitrogens is 1. The van der Waals surface area contributed by atoms with Gasteiger partial charge in [-0.3, -0.25) is 4.98 Å². The Labute approximate surface area is 78.2 Å². The van der Waals surface area contributed by atoms with Gasteiger partial charge in [0.1, 0.15) is 0 Å². The summed E-state index contributed by atoms with van der Waals surface area (Å²) in [4.78, 5) is 4.01. The molecule has 1 aromatic carbocycles. The van der Waals surface area contributed by atoms with Gasteiger partial charge in [0.25, 0.3) is 0 Å². The van der Waals surface area contributed by atoms with Crippen molar-refractivity contribution in [3.8, 4) is 0 Å². The van der Waals surface area contributed by atoms with Gasteiger partial charge in [-0.1, -0.05) is 24.3 Å². The summed E-state index contributed by atoms with van der Waals surface area (Å²) >= 11 is 0. The van der Waals surface area contributed by atoms with Crippen molar-refractivity contribution in [3.63, 3.8) is 0 Å². The van der Waals surface area contributed by atoms with E-state index in [-0.39, 0.29) is 19.5 Å². The molecule has 0 fully saturated rings. The van der Waals surface area contributed by atoms with Gasteiger partial charge in [0, 0.05) is 31.9 Å². The fraction of sp³-hybridized carbons (Fsp3) is 0. The Balaban J connectivity index is 0.000000605. The van der Waals surface area contributed by atoms with E-state index in [2.05, 4.69) is 17.1 Å². The molecule has 0 aliphatic rings. The second-order valence-corrected chi connectivity index (χ2v) is 2.22. The van der Waals surface area contributed by atoms with Crippen LogP contribution in [0.1, 0.15) is 0 Å². The second-order valence-electron chi connectivity index (χ2n) is 2.22. The van der Waals surface area contributed by atoms with Gasteiger partial charge < -0.3 is 0 Å². The Hall–Kier alpha value is -0.747. The van der Waals surface area contributed by atoms with Crippen LogP contribution in [0.3, 0.4) is 0 Å². The van der Waals surface area contributed by atoms with E-state index in [0.717, 1.165) is 0 Å². The van der Waals surface area contributed by atoms with Crippen LogP contribution in [-0.4, -0.2) is 4.98 Å². The molecular weight excluding hydrogens is 225 g/mol. The Morgan fingerprint density at radius 1 is 0.909 bits per heavy atom. The summed E-state index contributed by atoms with van der Waals surface area (Å²) < 4.78 is 0. The zero-order chi connectivity index (χ0) is 6.81. The molecule has 0 spiro atoms. The van der Waals surface area contributed by atoms with E-state index in [1.807, 2.05) is 30.6 Å². The predicted molar refractivity (Wildman–Crippen MR) is 41.7 cm³/mol. The molecule has 0 unspecified atom stereocenters. The molecule has 57 valence electrons. The molecule has 0 saturated heterocycles. The van der Waals surface area contributed by atoms with Crippen LogP contribution in [0.2, 0.25) is 0 Å². The third kappa shape index (κ3) is 1.64. The molecule has 0 saturated carbocycles. The van der Waals surface area contributed by atoms with Gasteiger partial charge in [-0.15, -0.1) is 0 Å². The standard InChI is InChI=1S/C9H7N.Rh/c1-2-4-9-7-10-6-5-8(9)3-1;/h1-7H;. The van der Waals surface area contributed by atoms with E-state index in [0.29, 0.717) is 0 Å². The molecule has 0 atom stereocenters. The van der Waals surface area contributed by atoms with Crippen LogP contribution < -0.4 is 0 Å². The molecular formula is C9H7NRh. The van der Waals surface area contributed by atoms with Crippen molar-refractivity contribution in [2.75, 3.05) is 0 Å². The first kappa shape index (κ1) is 8.35. The molecule has 1 aromatic heterocycles. The van der Waals surface area contributed by atoms with Crippen molar-refractivity contribution in [1.82, 2.24) is 4.98 Å². The minimum Gasteiger partial charge on any atom is -0.264 e. The minimum absolute atomic E-state index is 0. The van der Waals surface area contributed by atoms with Gasteiger partial charge in [-0.25, -0.2) is 0 Å². The van der Waals surface area contributed by atoms with Crippen molar-refractivity contribution in [1.29, 1.82) is 0 Å². The van der Waals surface area contributed by atoms with Crippen molar-refractivity contribution >= 4 is 10.8 Å². The van der Waals surface area contributed by atoms with Crippen molar-refractivity contribution in [2.24, 2.45) is 0 Å². The topological polar surface area (TPSA) is 12.9 Å². The second kappa shape index (κ2) is 3.59. The molecule has 0 N–H and O–H groups in total. The smallest absolute Gasteiger partial charge is 0.0346 e. The molecule has 0 bridgehead atoms. The van der Waals surface area contributed by atoms with E-state index in [1.165, 1.54) is 10.8 Å². The Kier molecular flexibility index (Phi) is 2.72. The summed E-state index contributed by atoms with van der Waals surface area (Å²) in [5.41, 5.74) is 0. The van der Waals surface area contributed by atoms with E-state index < -0.39 is 0 Å². The number of rotatable bonds is 0. The molecule has 11 heavy (non-hydrogen) atoms. The largest absolute Gasteiger partial charge is 0.264 e. The molecule has 0 amide bonds. The van der Waals surface area contributed by atoms with Crippen molar-refractivity contribution in [2.45, 2.75) is 0 Å². The van der Waals surface area contributed by atoms with Crippen LogP contribution in [0.25, 0.3) is 10.8 Å². The van der Waals surface area contributed by atoms with Crippen LogP contribution >= 0.6 is 0 Å². The van der Waals surface area contributed by atoms with Crippen LogP contribution in [0.5, 0.6) is 0 Å². The number of pyridine rings is 1. The number of benzene rings is 1. The predicted octanol–water partition coefficient (Wildman–Crippen LogP) is 2.23. The molecule has 2 heteroatoms. The number of hydrogen-bond donors (Lipinski definition) is 0. The number of fused-ring (bicyclic) bond motifs is 1. The zero-order valence-corrected chi connectivity index (χ0v) is 7.46. The number of hydrogen-bond acceptors (Lipinski definition) is 1. The first-order chi connectivity index (χ1) is 4.97. The Morgan fingerprint density at radius 3 is 2.36 bits per heavy atom. The summed E-state index contributed by atoms with van der Waals surface area (Å²) in [5.74, 6) is 0. The summed E-state index contributed by atoms with van der Waals surface area (Å²) in [6, 6.07) is 10.2. The van der Waals surface area contributed by atoms with Gasteiger partial charge >= 0.3 is 0 Å². The number of nitrogens with zero attached hydrogens (tertiary/aromatic N) is 1. The summed E-state index contributed by atoms with van der Waals surface area (Å²) in [6.07, 6.45) is 3.68. The quantitative estimate of drug-likeness (QED) is 0.634. The molecule has 2 rings (SSSR count). The van der Waals surface area contributed by atoms with Crippen LogP contribution in [0, 0.1) is 0 Å². The zero-order valence-electron chi connectivity index (χ0n) is 5.82. The van der Waals surface area contributed by atoms with E-state index in [4.69, 9.17) is 0 Å². The van der Waals surface area contributed by atoms with Gasteiger partial charge in [0.2, 0.25) is 0 Å². The van der Waals surface area contributed by atoms with Crippen molar-refractivity contribution < 1.29 is 19.5 Å². The molecule has 1 nitrogen and oxygen atoms in total.